The highest BCUT2D eigenvalue weighted by Crippen LogP contribution is 2.37. The number of hydrazine groups is 1. The molecule has 3 atom stereocenters. The fraction of sp³-hybridized carbons (Fsp3) is 0.917. The van der Waals surface area contributed by atoms with Crippen molar-refractivity contribution >= 4 is 6.09 Å². The Balaban J connectivity index is 1.77. The van der Waals surface area contributed by atoms with Gasteiger partial charge in [-0.1, -0.05) is 0 Å². The zero-order chi connectivity index (χ0) is 12.6. The van der Waals surface area contributed by atoms with Crippen LogP contribution in [-0.4, -0.2) is 41.0 Å². The van der Waals surface area contributed by atoms with Crippen LogP contribution in [0.25, 0.3) is 0 Å². The molecule has 1 unspecified atom stereocenters. The number of carbonyl (C=O) groups excluding carboxylic acids is 1. The quantitative estimate of drug-likeness (QED) is 0.723. The van der Waals surface area contributed by atoms with Gasteiger partial charge in [-0.2, -0.15) is 0 Å². The molecule has 1 aliphatic heterocycles. The van der Waals surface area contributed by atoms with Crippen LogP contribution in [0.15, 0.2) is 0 Å². The Morgan fingerprint density at radius 2 is 1.82 bits per heavy atom. The number of nitrogens with one attached hydrogen (secondary N) is 1. The van der Waals surface area contributed by atoms with E-state index in [0.29, 0.717) is 11.8 Å². The van der Waals surface area contributed by atoms with E-state index in [2.05, 4.69) is 5.43 Å². The van der Waals surface area contributed by atoms with Crippen LogP contribution in [0.1, 0.15) is 33.6 Å². The molecule has 1 saturated carbocycles. The Morgan fingerprint density at radius 1 is 1.29 bits per heavy atom. The summed E-state index contributed by atoms with van der Waals surface area (Å²) in [6, 6.07) is 0. The van der Waals surface area contributed by atoms with E-state index < -0.39 is 11.7 Å². The standard InChI is InChI=1S/C12H22N2O3/c1-12(2,3)17-11(16)13-14-6-8-4-10(15)5-9(8)7-14/h8-10,15H,4-7H2,1-3H3,(H,13,16)/t8-,9+,10?. The lowest BCUT2D eigenvalue weighted by Gasteiger charge is -2.23. The molecule has 2 rings (SSSR count). The number of fused-ring (bicyclic) bond motifs is 1. The molecule has 98 valence electrons. The second-order valence-electron chi connectivity index (χ2n) is 6.16. The maximum atomic E-state index is 11.6. The van der Waals surface area contributed by atoms with Gasteiger partial charge in [0.2, 0.25) is 0 Å². The van der Waals surface area contributed by atoms with Crippen LogP contribution in [0.4, 0.5) is 4.79 Å². The van der Waals surface area contributed by atoms with Crippen molar-refractivity contribution in [3.8, 4) is 0 Å². The zero-order valence-electron chi connectivity index (χ0n) is 10.8. The monoisotopic (exact) mass is 242 g/mol. The lowest BCUT2D eigenvalue weighted by atomic mass is 10.0. The highest BCUT2D eigenvalue weighted by molar-refractivity contribution is 5.67. The van der Waals surface area contributed by atoms with Crippen molar-refractivity contribution in [2.45, 2.75) is 45.3 Å². The molecule has 1 heterocycles. The molecule has 0 aromatic carbocycles. The summed E-state index contributed by atoms with van der Waals surface area (Å²) in [7, 11) is 0. The summed E-state index contributed by atoms with van der Waals surface area (Å²) in [6.07, 6.45) is 1.18. The summed E-state index contributed by atoms with van der Waals surface area (Å²) in [5.74, 6) is 1.03. The minimum absolute atomic E-state index is 0.145. The first-order valence-corrected chi connectivity index (χ1v) is 6.26. The molecule has 2 aliphatic rings. The number of ether oxygens (including phenoxy) is 1. The van der Waals surface area contributed by atoms with Gasteiger partial charge in [-0.3, -0.25) is 5.43 Å². The molecule has 1 saturated heterocycles. The molecule has 0 aromatic rings. The molecule has 2 fully saturated rings. The van der Waals surface area contributed by atoms with Crippen molar-refractivity contribution in [1.82, 2.24) is 10.4 Å². The van der Waals surface area contributed by atoms with Crippen LogP contribution in [0, 0.1) is 11.8 Å². The lowest BCUT2D eigenvalue weighted by Crippen LogP contribution is -2.44. The van der Waals surface area contributed by atoms with Crippen molar-refractivity contribution in [2.24, 2.45) is 11.8 Å². The molecule has 5 heteroatoms. The maximum absolute atomic E-state index is 11.6. The summed E-state index contributed by atoms with van der Waals surface area (Å²) >= 11 is 0. The number of hydrogen-bond donors (Lipinski definition) is 2. The second-order valence-corrected chi connectivity index (χ2v) is 6.16. The van der Waals surface area contributed by atoms with Gasteiger partial charge in [0.25, 0.3) is 0 Å². The fourth-order valence-electron chi connectivity index (χ4n) is 2.79. The summed E-state index contributed by atoms with van der Waals surface area (Å²) in [4.78, 5) is 11.6. The predicted molar refractivity (Wildman–Crippen MR) is 63.2 cm³/mol. The van der Waals surface area contributed by atoms with E-state index in [0.717, 1.165) is 25.9 Å². The summed E-state index contributed by atoms with van der Waals surface area (Å²) in [6.45, 7) is 7.19. The number of aliphatic hydroxyl groups is 1. The average Bonchev–Trinajstić information content (AvgIpc) is 2.56. The van der Waals surface area contributed by atoms with Gasteiger partial charge in [0.05, 0.1) is 6.10 Å². The van der Waals surface area contributed by atoms with E-state index in [1.807, 2.05) is 25.8 Å². The number of rotatable bonds is 1. The molecular weight excluding hydrogens is 220 g/mol. The highest BCUT2D eigenvalue weighted by Gasteiger charge is 2.40. The average molecular weight is 242 g/mol. The minimum atomic E-state index is -0.462. The third-order valence-corrected chi connectivity index (χ3v) is 3.37. The van der Waals surface area contributed by atoms with Crippen LogP contribution in [0.2, 0.25) is 0 Å². The smallest absolute Gasteiger partial charge is 0.422 e. The molecule has 0 aromatic heterocycles. The van der Waals surface area contributed by atoms with Gasteiger partial charge < -0.3 is 9.84 Å². The Morgan fingerprint density at radius 3 is 2.29 bits per heavy atom. The van der Waals surface area contributed by atoms with Crippen molar-refractivity contribution < 1.29 is 14.6 Å². The van der Waals surface area contributed by atoms with Crippen LogP contribution >= 0.6 is 0 Å². The van der Waals surface area contributed by atoms with Gasteiger partial charge in [-0.25, -0.2) is 9.80 Å². The fourth-order valence-corrected chi connectivity index (χ4v) is 2.79. The SMILES string of the molecule is CC(C)(C)OC(=O)NN1C[C@H]2CC(O)C[C@H]2C1. The van der Waals surface area contributed by atoms with Gasteiger partial charge in [0.15, 0.2) is 0 Å². The molecule has 0 spiro atoms. The van der Waals surface area contributed by atoms with E-state index in [1.165, 1.54) is 0 Å². The van der Waals surface area contributed by atoms with Crippen LogP contribution < -0.4 is 5.43 Å². The van der Waals surface area contributed by atoms with Crippen molar-refractivity contribution in [2.75, 3.05) is 13.1 Å². The van der Waals surface area contributed by atoms with Crippen molar-refractivity contribution in [1.29, 1.82) is 0 Å². The predicted octanol–water partition coefficient (Wildman–Crippen LogP) is 1.13. The van der Waals surface area contributed by atoms with Crippen LogP contribution in [0.5, 0.6) is 0 Å². The lowest BCUT2D eigenvalue weighted by molar-refractivity contribution is 0.0347. The summed E-state index contributed by atoms with van der Waals surface area (Å²) < 4.78 is 5.20. The first-order chi connectivity index (χ1) is 7.83. The second kappa shape index (κ2) is 4.46. The Kier molecular flexibility index (Phi) is 3.32. The molecule has 5 nitrogen and oxygen atoms in total. The van der Waals surface area contributed by atoms with E-state index in [4.69, 9.17) is 4.74 Å². The minimum Gasteiger partial charge on any atom is -0.443 e. The first-order valence-electron chi connectivity index (χ1n) is 6.26. The van der Waals surface area contributed by atoms with Crippen LogP contribution in [0.3, 0.4) is 0 Å². The number of nitrogens with zero attached hydrogens (tertiary/aromatic N) is 1. The Labute approximate surface area is 102 Å². The molecule has 0 radical (unpaired) electrons. The van der Waals surface area contributed by atoms with Crippen molar-refractivity contribution in [3.05, 3.63) is 0 Å². The Bertz CT molecular complexity index is 287. The van der Waals surface area contributed by atoms with E-state index in [-0.39, 0.29) is 6.10 Å². The molecular formula is C12H22N2O3. The molecule has 0 bridgehead atoms. The zero-order valence-corrected chi connectivity index (χ0v) is 10.8. The number of carbonyl (C=O) groups is 1. The number of aliphatic hydroxyl groups excluding tert-OH is 1. The van der Waals surface area contributed by atoms with Gasteiger partial charge in [-0.05, 0) is 45.4 Å². The van der Waals surface area contributed by atoms with Gasteiger partial charge >= 0.3 is 6.09 Å². The van der Waals surface area contributed by atoms with Crippen LogP contribution in [-0.2, 0) is 4.74 Å². The molecule has 1 aliphatic carbocycles. The molecule has 17 heavy (non-hydrogen) atoms. The summed E-state index contributed by atoms with van der Waals surface area (Å²) in [5.41, 5.74) is 2.31. The first kappa shape index (κ1) is 12.6. The third-order valence-electron chi connectivity index (χ3n) is 3.37. The third kappa shape index (κ3) is 3.33. The van der Waals surface area contributed by atoms with Gasteiger partial charge in [-0.15, -0.1) is 0 Å². The van der Waals surface area contributed by atoms with Crippen molar-refractivity contribution in [3.63, 3.8) is 0 Å². The Hall–Kier alpha value is -0.810. The summed E-state index contributed by atoms with van der Waals surface area (Å²) in [5, 5.41) is 11.4. The van der Waals surface area contributed by atoms with E-state index in [1.54, 1.807) is 0 Å². The highest BCUT2D eigenvalue weighted by atomic mass is 16.6. The van der Waals surface area contributed by atoms with E-state index in [9.17, 15) is 9.90 Å². The largest absolute Gasteiger partial charge is 0.443 e. The normalized spacial score (nSPS) is 33.5. The maximum Gasteiger partial charge on any atom is 0.422 e. The van der Waals surface area contributed by atoms with Gasteiger partial charge in [0.1, 0.15) is 5.60 Å². The number of hydrogen-bond acceptors (Lipinski definition) is 4. The molecule has 2 N–H and O–H groups in total. The molecule has 1 amide bonds. The van der Waals surface area contributed by atoms with Gasteiger partial charge in [0, 0.05) is 13.1 Å². The number of amides is 1. The topological polar surface area (TPSA) is 61.8 Å². The van der Waals surface area contributed by atoms with E-state index >= 15 is 0 Å².